The Morgan fingerprint density at radius 3 is 2.63 bits per heavy atom. The summed E-state index contributed by atoms with van der Waals surface area (Å²) in [5.41, 5.74) is 2.06. The third kappa shape index (κ3) is 4.35. The number of H-pyrrole nitrogens is 1. The van der Waals surface area contributed by atoms with Crippen LogP contribution in [0.25, 0.3) is 0 Å². The number of nitrogens with zero attached hydrogens (tertiary/aromatic N) is 3. The lowest BCUT2D eigenvalue weighted by Crippen LogP contribution is -2.47. The highest BCUT2D eigenvalue weighted by atomic mass is 19.1. The summed E-state index contributed by atoms with van der Waals surface area (Å²) < 4.78 is 13.2. The molecular weight excluding hydrogens is 347 g/mol. The molecule has 1 aliphatic heterocycles. The van der Waals surface area contributed by atoms with Gasteiger partial charge in [-0.25, -0.2) is 4.39 Å². The van der Waals surface area contributed by atoms with Crippen molar-refractivity contribution in [2.24, 2.45) is 5.92 Å². The zero-order valence-corrected chi connectivity index (χ0v) is 15.9. The molecule has 0 bridgehead atoms. The number of nitrogens with one attached hydrogen (secondary N) is 1. The number of aryl methyl sites for hydroxylation is 1. The first kappa shape index (κ1) is 19.1. The fraction of sp³-hybridized carbons (Fsp3) is 0.450. The zero-order valence-electron chi connectivity index (χ0n) is 15.9. The molecule has 1 saturated heterocycles. The number of hydrogen-bond donors (Lipinski definition) is 1. The fourth-order valence-corrected chi connectivity index (χ4v) is 3.41. The Kier molecular flexibility index (Phi) is 5.58. The number of carbonyl (C=O) groups is 2. The van der Waals surface area contributed by atoms with Gasteiger partial charge in [-0.05, 0) is 36.6 Å². The van der Waals surface area contributed by atoms with Crippen molar-refractivity contribution in [3.05, 3.63) is 53.1 Å². The van der Waals surface area contributed by atoms with Crippen molar-refractivity contribution in [2.45, 2.75) is 39.8 Å². The topological polar surface area (TPSA) is 69.3 Å². The second-order valence-electron chi connectivity index (χ2n) is 7.40. The molecule has 0 unspecified atom stereocenters. The second-order valence-corrected chi connectivity index (χ2v) is 7.40. The molecule has 7 heteroatoms. The van der Waals surface area contributed by atoms with Crippen LogP contribution in [-0.4, -0.2) is 50.9 Å². The Bertz CT molecular complexity index is 816. The predicted molar refractivity (Wildman–Crippen MR) is 99.4 cm³/mol. The van der Waals surface area contributed by atoms with Crippen LogP contribution in [0, 0.1) is 18.7 Å². The fourth-order valence-electron chi connectivity index (χ4n) is 3.41. The molecule has 1 aliphatic rings. The van der Waals surface area contributed by atoms with E-state index < -0.39 is 0 Å². The maximum Gasteiger partial charge on any atom is 0.274 e. The number of amides is 2. The van der Waals surface area contributed by atoms with Crippen LogP contribution in [0.3, 0.4) is 0 Å². The van der Waals surface area contributed by atoms with E-state index in [1.54, 1.807) is 23.1 Å². The second kappa shape index (κ2) is 7.90. The molecule has 0 spiro atoms. The van der Waals surface area contributed by atoms with Gasteiger partial charge in [0.2, 0.25) is 5.91 Å². The van der Waals surface area contributed by atoms with Crippen LogP contribution in [0.4, 0.5) is 4.39 Å². The molecule has 1 aromatic heterocycles. The summed E-state index contributed by atoms with van der Waals surface area (Å²) in [6, 6.07) is 7.79. The van der Waals surface area contributed by atoms with Gasteiger partial charge in [0.15, 0.2) is 0 Å². The molecule has 1 aromatic carbocycles. The van der Waals surface area contributed by atoms with Crippen LogP contribution < -0.4 is 0 Å². The molecular formula is C20H25FN4O2. The molecule has 1 N–H and O–H groups in total. The number of halogens is 1. The van der Waals surface area contributed by atoms with Crippen molar-refractivity contribution in [3.8, 4) is 0 Å². The minimum atomic E-state index is -0.299. The first-order valence-corrected chi connectivity index (χ1v) is 9.20. The van der Waals surface area contributed by atoms with Gasteiger partial charge >= 0.3 is 0 Å². The Hall–Kier alpha value is -2.70. The normalized spacial score (nSPS) is 18.1. The molecule has 1 fully saturated rings. The SMILES string of the molecule is Cc1cc(C(=O)N2CCC(=O)N(Cc3ccc(F)cc3)[C@@H](C(C)C)C2)n[nH]1. The monoisotopic (exact) mass is 372 g/mol. The molecule has 0 saturated carbocycles. The lowest BCUT2D eigenvalue weighted by atomic mass is 10.0. The van der Waals surface area contributed by atoms with Crippen LogP contribution in [-0.2, 0) is 11.3 Å². The van der Waals surface area contributed by atoms with E-state index in [1.807, 2.05) is 25.7 Å². The average molecular weight is 372 g/mol. The molecule has 2 amide bonds. The highest BCUT2D eigenvalue weighted by Crippen LogP contribution is 2.22. The van der Waals surface area contributed by atoms with Crippen molar-refractivity contribution in [1.29, 1.82) is 0 Å². The molecule has 2 heterocycles. The van der Waals surface area contributed by atoms with E-state index >= 15 is 0 Å². The summed E-state index contributed by atoms with van der Waals surface area (Å²) in [4.78, 5) is 29.1. The third-order valence-corrected chi connectivity index (χ3v) is 4.97. The van der Waals surface area contributed by atoms with Crippen molar-refractivity contribution in [1.82, 2.24) is 20.0 Å². The number of aromatic amines is 1. The minimum Gasteiger partial charge on any atom is -0.335 e. The standard InChI is InChI=1S/C20H25FN4O2/c1-13(2)18-12-24(20(27)17-10-14(3)22-23-17)9-8-19(26)25(18)11-15-4-6-16(21)7-5-15/h4-7,10,13,18H,8-9,11-12H2,1-3H3,(H,22,23)/t18-/m1/s1. The molecule has 27 heavy (non-hydrogen) atoms. The van der Waals surface area contributed by atoms with Crippen molar-refractivity contribution < 1.29 is 14.0 Å². The van der Waals surface area contributed by atoms with E-state index in [0.29, 0.717) is 25.3 Å². The first-order valence-electron chi connectivity index (χ1n) is 9.20. The first-order chi connectivity index (χ1) is 12.8. The molecule has 2 aromatic rings. The van der Waals surface area contributed by atoms with Gasteiger partial charge in [0, 0.05) is 31.7 Å². The van der Waals surface area contributed by atoms with Gasteiger partial charge < -0.3 is 9.80 Å². The minimum absolute atomic E-state index is 0.00605. The van der Waals surface area contributed by atoms with Gasteiger partial charge in [-0.2, -0.15) is 5.10 Å². The number of rotatable bonds is 4. The van der Waals surface area contributed by atoms with E-state index in [2.05, 4.69) is 10.2 Å². The molecule has 0 radical (unpaired) electrons. The Morgan fingerprint density at radius 2 is 2.04 bits per heavy atom. The van der Waals surface area contributed by atoms with Gasteiger partial charge in [-0.15, -0.1) is 0 Å². The highest BCUT2D eigenvalue weighted by Gasteiger charge is 2.34. The van der Waals surface area contributed by atoms with Gasteiger partial charge in [-0.3, -0.25) is 14.7 Å². The van der Waals surface area contributed by atoms with Crippen LogP contribution in [0.5, 0.6) is 0 Å². The Balaban J connectivity index is 1.81. The Labute approximate surface area is 158 Å². The van der Waals surface area contributed by atoms with Gasteiger partial charge in [0.1, 0.15) is 11.5 Å². The summed E-state index contributed by atoms with van der Waals surface area (Å²) in [5.74, 6) is -0.288. The quantitative estimate of drug-likeness (QED) is 0.897. The number of benzene rings is 1. The van der Waals surface area contributed by atoms with E-state index in [0.717, 1.165) is 11.3 Å². The van der Waals surface area contributed by atoms with Crippen LogP contribution in [0.15, 0.2) is 30.3 Å². The molecule has 6 nitrogen and oxygen atoms in total. The summed E-state index contributed by atoms with van der Waals surface area (Å²) in [6.07, 6.45) is 0.263. The smallest absolute Gasteiger partial charge is 0.274 e. The largest absolute Gasteiger partial charge is 0.335 e. The molecule has 1 atom stereocenters. The number of hydrogen-bond acceptors (Lipinski definition) is 3. The molecule has 0 aliphatic carbocycles. The maximum absolute atomic E-state index is 13.2. The average Bonchev–Trinajstić information content (AvgIpc) is 3.00. The maximum atomic E-state index is 13.2. The van der Waals surface area contributed by atoms with Crippen molar-refractivity contribution in [2.75, 3.05) is 13.1 Å². The van der Waals surface area contributed by atoms with E-state index in [9.17, 15) is 14.0 Å². The summed E-state index contributed by atoms with van der Waals surface area (Å²) in [5, 5.41) is 6.84. The van der Waals surface area contributed by atoms with Crippen LogP contribution >= 0.6 is 0 Å². The van der Waals surface area contributed by atoms with E-state index in [-0.39, 0.29) is 36.0 Å². The number of carbonyl (C=O) groups excluding carboxylic acids is 2. The van der Waals surface area contributed by atoms with Gasteiger partial charge in [0.05, 0.1) is 6.04 Å². The van der Waals surface area contributed by atoms with Crippen molar-refractivity contribution in [3.63, 3.8) is 0 Å². The van der Waals surface area contributed by atoms with Crippen molar-refractivity contribution >= 4 is 11.8 Å². The highest BCUT2D eigenvalue weighted by molar-refractivity contribution is 5.93. The Morgan fingerprint density at radius 1 is 1.33 bits per heavy atom. The lowest BCUT2D eigenvalue weighted by Gasteiger charge is -2.34. The van der Waals surface area contributed by atoms with Gasteiger partial charge in [0.25, 0.3) is 5.91 Å². The van der Waals surface area contributed by atoms with Crippen LogP contribution in [0.1, 0.15) is 42.0 Å². The molecule has 144 valence electrons. The van der Waals surface area contributed by atoms with Gasteiger partial charge in [-0.1, -0.05) is 26.0 Å². The summed E-state index contributed by atoms with van der Waals surface area (Å²) in [7, 11) is 0. The number of aromatic nitrogens is 2. The third-order valence-electron chi connectivity index (χ3n) is 4.97. The predicted octanol–water partition coefficient (Wildman–Crippen LogP) is 2.76. The zero-order chi connectivity index (χ0) is 19.6. The summed E-state index contributed by atoms with van der Waals surface area (Å²) >= 11 is 0. The lowest BCUT2D eigenvalue weighted by molar-refractivity contribution is -0.134. The van der Waals surface area contributed by atoms with E-state index in [1.165, 1.54) is 12.1 Å². The molecule has 3 rings (SSSR count). The summed E-state index contributed by atoms with van der Waals surface area (Å²) in [6.45, 7) is 7.16. The van der Waals surface area contributed by atoms with Crippen LogP contribution in [0.2, 0.25) is 0 Å². The van der Waals surface area contributed by atoms with E-state index in [4.69, 9.17) is 0 Å².